The number of rotatable bonds is 10. The van der Waals surface area contributed by atoms with Gasteiger partial charge in [-0.25, -0.2) is 4.89 Å². The predicted octanol–water partition coefficient (Wildman–Crippen LogP) is -1.53. The molecule has 0 aromatic carbocycles. The summed E-state index contributed by atoms with van der Waals surface area (Å²) in [6, 6.07) is 0. The van der Waals surface area contributed by atoms with Gasteiger partial charge in [-0.2, -0.15) is 0 Å². The molecule has 22 atom stereocenters. The molecule has 4 saturated carbocycles. The highest BCUT2D eigenvalue weighted by Crippen LogP contribution is 2.77. The van der Waals surface area contributed by atoms with Gasteiger partial charge in [0.05, 0.1) is 31.3 Å². The summed E-state index contributed by atoms with van der Waals surface area (Å²) in [5, 5.41) is 114. The van der Waals surface area contributed by atoms with Crippen molar-refractivity contribution in [2.24, 2.45) is 39.4 Å². The zero-order valence-corrected chi connectivity index (χ0v) is 33.4. The van der Waals surface area contributed by atoms with Crippen molar-refractivity contribution < 1.29 is 89.7 Å². The Labute approximate surface area is 337 Å². The van der Waals surface area contributed by atoms with Gasteiger partial charge < -0.3 is 74.7 Å². The van der Waals surface area contributed by atoms with Gasteiger partial charge in [-0.1, -0.05) is 32.4 Å². The van der Waals surface area contributed by atoms with Crippen LogP contribution in [0.3, 0.4) is 0 Å². The van der Waals surface area contributed by atoms with Gasteiger partial charge in [0.2, 0.25) is 6.29 Å². The molecule has 0 aromatic heterocycles. The van der Waals surface area contributed by atoms with Crippen molar-refractivity contribution in [3.63, 3.8) is 0 Å². The molecule has 0 amide bonds. The van der Waals surface area contributed by atoms with Crippen LogP contribution in [0.4, 0.5) is 0 Å². The number of ether oxygens (including phenoxy) is 5. The van der Waals surface area contributed by atoms with E-state index in [1.54, 1.807) is 0 Å². The van der Waals surface area contributed by atoms with E-state index in [1.807, 2.05) is 6.92 Å². The average molecular weight is 833 g/mol. The van der Waals surface area contributed by atoms with Crippen molar-refractivity contribution in [3.8, 4) is 0 Å². The average Bonchev–Trinajstić information content (AvgIpc) is 3.29. The lowest BCUT2D eigenvalue weighted by atomic mass is 9.38. The highest BCUT2D eigenvalue weighted by atomic mass is 17.1. The van der Waals surface area contributed by atoms with Crippen LogP contribution in [-0.4, -0.2) is 174 Å². The third-order valence-electron chi connectivity index (χ3n) is 16.5. The molecule has 18 nitrogen and oxygen atoms in total. The minimum atomic E-state index is -1.78. The van der Waals surface area contributed by atoms with E-state index in [2.05, 4.69) is 20.4 Å². The van der Waals surface area contributed by atoms with Crippen LogP contribution in [0.1, 0.15) is 78.6 Å². The van der Waals surface area contributed by atoms with E-state index in [-0.39, 0.29) is 35.0 Å². The lowest BCUT2D eigenvalue weighted by Crippen LogP contribution is -2.65. The Morgan fingerprint density at radius 3 is 1.88 bits per heavy atom. The Bertz CT molecular complexity index is 1500. The van der Waals surface area contributed by atoms with E-state index < -0.39 is 129 Å². The Morgan fingerprint density at radius 1 is 0.707 bits per heavy atom. The van der Waals surface area contributed by atoms with Crippen LogP contribution in [0.5, 0.6) is 0 Å². The number of hydrogen-bond donors (Lipinski definition) is 11. The van der Waals surface area contributed by atoms with Crippen LogP contribution < -0.4 is 0 Å². The second kappa shape index (κ2) is 16.4. The predicted molar refractivity (Wildman–Crippen MR) is 196 cm³/mol. The van der Waals surface area contributed by atoms with Gasteiger partial charge in [0.15, 0.2) is 6.29 Å². The first-order valence-corrected chi connectivity index (χ1v) is 20.8. The maximum absolute atomic E-state index is 14.2. The Hall–Kier alpha value is -1.43. The highest BCUT2D eigenvalue weighted by molar-refractivity contribution is 5.77. The third kappa shape index (κ3) is 6.73. The number of esters is 1. The van der Waals surface area contributed by atoms with Crippen LogP contribution >= 0.6 is 0 Å². The quantitative estimate of drug-likeness (QED) is 0.0515. The van der Waals surface area contributed by atoms with Crippen LogP contribution in [0.15, 0.2) is 12.2 Å². The first-order chi connectivity index (χ1) is 27.4. The first-order valence-electron chi connectivity index (χ1n) is 20.8. The molecule has 4 aliphatic carbocycles. The first kappa shape index (κ1) is 44.6. The van der Waals surface area contributed by atoms with Crippen molar-refractivity contribution in [1.29, 1.82) is 0 Å². The van der Waals surface area contributed by atoms with E-state index in [1.165, 1.54) is 0 Å². The van der Waals surface area contributed by atoms with Gasteiger partial charge in [0.25, 0.3) is 0 Å². The SMILES string of the molecule is C=C1C[C@@]23CCC4[C@](C)(C(=O)OC5OC(CO)C(O)C(O)C5O)CCC[C@@]4(C)[C@@H]2CC[C@]1(CC1OC(CO)C(O)C(OO)C1OC1OC(CO)C(O)C(O)C1O)[C@@H]3C. The number of carbonyl (C=O) groups excluding carboxylic acids is 1. The van der Waals surface area contributed by atoms with Gasteiger partial charge in [0, 0.05) is 0 Å². The normalized spacial score (nSPS) is 54.4. The van der Waals surface area contributed by atoms with Crippen LogP contribution in [0.2, 0.25) is 0 Å². The zero-order chi connectivity index (χ0) is 42.3. The molecule has 7 rings (SSSR count). The Morgan fingerprint density at radius 2 is 1.28 bits per heavy atom. The van der Waals surface area contributed by atoms with E-state index >= 15 is 0 Å². The zero-order valence-electron chi connectivity index (χ0n) is 33.4. The molecular formula is C40H64O18. The topological polar surface area (TPSA) is 295 Å². The minimum absolute atomic E-state index is 0.0164. The lowest BCUT2D eigenvalue weighted by molar-refractivity contribution is -0.388. The van der Waals surface area contributed by atoms with Crippen molar-refractivity contribution in [2.75, 3.05) is 19.8 Å². The molecular weight excluding hydrogens is 768 g/mol. The largest absolute Gasteiger partial charge is 0.432 e. The molecule has 18 heteroatoms. The highest BCUT2D eigenvalue weighted by Gasteiger charge is 2.71. The maximum atomic E-state index is 14.2. The molecule has 1 spiro atoms. The molecule has 3 saturated heterocycles. The van der Waals surface area contributed by atoms with Crippen molar-refractivity contribution >= 4 is 5.97 Å². The van der Waals surface area contributed by atoms with E-state index in [0.717, 1.165) is 31.3 Å². The minimum Gasteiger partial charge on any atom is -0.432 e. The van der Waals surface area contributed by atoms with Gasteiger partial charge >= 0.3 is 5.97 Å². The summed E-state index contributed by atoms with van der Waals surface area (Å²) in [5.74, 6) is -0.501. The molecule has 0 aromatic rings. The summed E-state index contributed by atoms with van der Waals surface area (Å²) in [6.45, 7) is 9.03. The molecule has 7 aliphatic rings. The molecule has 2 bridgehead atoms. The fourth-order valence-corrected chi connectivity index (χ4v) is 13.3. The second-order valence-corrected chi connectivity index (χ2v) is 18.9. The number of fused-ring (bicyclic) bond motifs is 3. The second-order valence-electron chi connectivity index (χ2n) is 18.9. The molecule has 11 N–H and O–H groups in total. The molecule has 3 heterocycles. The van der Waals surface area contributed by atoms with Crippen LogP contribution in [-0.2, 0) is 33.4 Å². The monoisotopic (exact) mass is 832 g/mol. The van der Waals surface area contributed by atoms with E-state index in [0.29, 0.717) is 25.7 Å². The van der Waals surface area contributed by atoms with Crippen molar-refractivity contribution in [3.05, 3.63) is 12.2 Å². The summed E-state index contributed by atoms with van der Waals surface area (Å²) < 4.78 is 29.5. The van der Waals surface area contributed by atoms with Crippen molar-refractivity contribution in [2.45, 2.75) is 170 Å². The summed E-state index contributed by atoms with van der Waals surface area (Å²) >= 11 is 0. The number of allylic oxidation sites excluding steroid dienone is 1. The smallest absolute Gasteiger partial charge is 0.314 e. The fourth-order valence-electron chi connectivity index (χ4n) is 13.3. The molecule has 7 fully saturated rings. The molecule has 0 radical (unpaired) electrons. The number of aliphatic hydroxyl groups is 10. The summed E-state index contributed by atoms with van der Waals surface area (Å²) in [7, 11) is 0. The standard InChI is InChI=1S/C40H64O18/c1-17-12-40-11-6-23-37(3,8-5-9-38(23,4)36(51)57-35-31(50)29(48)26(45)21(15-42)55-35)24(40)7-10-39(17,18(40)2)13-19-32(33(58-52)27(46)22(16-43)53-19)56-34-30(49)28(47)25(44)20(14-41)54-34/h18-35,41-50,52H,1,5-16H2,2-4H3/t18-,19?,20?,21?,22?,23?,24-,25?,26?,27?,28?,29?,30?,31?,32?,33?,34?,35?,37+,38+,39+,40+/m0/s1. The number of carbonyl (C=O) groups is 1. The number of aliphatic hydroxyl groups excluding tert-OH is 10. The summed E-state index contributed by atoms with van der Waals surface area (Å²) in [4.78, 5) is 19.0. The Kier molecular flexibility index (Phi) is 12.6. The molecule has 58 heavy (non-hydrogen) atoms. The molecule has 332 valence electrons. The van der Waals surface area contributed by atoms with E-state index in [4.69, 9.17) is 28.6 Å². The van der Waals surface area contributed by atoms with Crippen molar-refractivity contribution in [1.82, 2.24) is 0 Å². The Balaban J connectivity index is 1.14. The lowest BCUT2D eigenvalue weighted by Gasteiger charge is -2.66. The molecule has 3 aliphatic heterocycles. The summed E-state index contributed by atoms with van der Waals surface area (Å²) in [6.07, 6.45) is -16.4. The third-order valence-corrected chi connectivity index (χ3v) is 16.5. The number of hydrogen-bond acceptors (Lipinski definition) is 18. The fraction of sp³-hybridized carbons (Fsp3) is 0.925. The van der Waals surface area contributed by atoms with Crippen LogP contribution in [0.25, 0.3) is 0 Å². The van der Waals surface area contributed by atoms with Gasteiger partial charge in [-0.15, -0.1) is 0 Å². The van der Waals surface area contributed by atoms with Gasteiger partial charge in [0.1, 0.15) is 73.2 Å². The maximum Gasteiger partial charge on any atom is 0.314 e. The van der Waals surface area contributed by atoms with Crippen LogP contribution in [0, 0.1) is 39.4 Å². The van der Waals surface area contributed by atoms with Gasteiger partial charge in [-0.3, -0.25) is 10.1 Å². The van der Waals surface area contributed by atoms with Gasteiger partial charge in [-0.05, 0) is 92.3 Å². The van der Waals surface area contributed by atoms with E-state index in [9.17, 15) is 61.1 Å². The summed E-state index contributed by atoms with van der Waals surface area (Å²) in [5.41, 5.74) is -1.07. The molecule has 16 unspecified atom stereocenters.